The zero-order chi connectivity index (χ0) is 22.2. The number of aryl methyl sites for hydroxylation is 1. The largest absolute Gasteiger partial charge is 0.423 e. The molecule has 3 aromatic rings. The number of esters is 1. The van der Waals surface area contributed by atoms with E-state index in [0.717, 1.165) is 5.56 Å². The van der Waals surface area contributed by atoms with Crippen LogP contribution in [-0.4, -0.2) is 24.0 Å². The number of hydrogen-bond acceptors (Lipinski definition) is 5. The highest BCUT2D eigenvalue weighted by Crippen LogP contribution is 2.20. The first-order chi connectivity index (χ1) is 14.9. The first kappa shape index (κ1) is 21.7. The van der Waals surface area contributed by atoms with Crippen molar-refractivity contribution in [2.45, 2.75) is 6.92 Å². The number of benzene rings is 3. The molecule has 2 N–H and O–H groups in total. The second-order valence-electron chi connectivity index (χ2n) is 6.46. The van der Waals surface area contributed by atoms with Crippen LogP contribution in [0.15, 0.2) is 77.9 Å². The molecule has 0 bridgehead atoms. The van der Waals surface area contributed by atoms with E-state index in [9.17, 15) is 14.4 Å². The Hall–Kier alpha value is -3.97. The highest BCUT2D eigenvalue weighted by Gasteiger charge is 2.14. The maximum atomic E-state index is 12.2. The summed E-state index contributed by atoms with van der Waals surface area (Å²) < 4.78 is 5.33. The van der Waals surface area contributed by atoms with Crippen molar-refractivity contribution < 1.29 is 19.1 Å². The average molecular weight is 436 g/mol. The first-order valence-corrected chi connectivity index (χ1v) is 9.58. The Kier molecular flexibility index (Phi) is 7.13. The number of amides is 2. The van der Waals surface area contributed by atoms with Gasteiger partial charge in [0.25, 0.3) is 0 Å². The second kappa shape index (κ2) is 10.2. The number of hydrazone groups is 1. The van der Waals surface area contributed by atoms with Crippen molar-refractivity contribution in [3.05, 3.63) is 94.5 Å². The Morgan fingerprint density at radius 2 is 1.68 bits per heavy atom. The van der Waals surface area contributed by atoms with Crippen molar-refractivity contribution in [2.75, 3.05) is 5.32 Å². The Morgan fingerprint density at radius 1 is 0.935 bits per heavy atom. The Balaban J connectivity index is 1.52. The molecule has 156 valence electrons. The lowest BCUT2D eigenvalue weighted by molar-refractivity contribution is -0.136. The van der Waals surface area contributed by atoms with Gasteiger partial charge in [-0.05, 0) is 61.0 Å². The van der Waals surface area contributed by atoms with E-state index >= 15 is 0 Å². The van der Waals surface area contributed by atoms with Crippen molar-refractivity contribution in [3.63, 3.8) is 0 Å². The summed E-state index contributed by atoms with van der Waals surface area (Å²) in [5.74, 6) is -1.93. The van der Waals surface area contributed by atoms with Crippen molar-refractivity contribution in [2.24, 2.45) is 5.10 Å². The van der Waals surface area contributed by atoms with Crippen molar-refractivity contribution in [1.82, 2.24) is 5.43 Å². The Morgan fingerprint density at radius 3 is 2.39 bits per heavy atom. The smallest absolute Gasteiger partial charge is 0.343 e. The molecule has 0 spiro atoms. The number of ether oxygens (including phenoxy) is 1. The number of carbonyl (C=O) groups excluding carboxylic acids is 3. The Bertz CT molecular complexity index is 1140. The number of hydrogen-bond donors (Lipinski definition) is 2. The third kappa shape index (κ3) is 6.25. The summed E-state index contributed by atoms with van der Waals surface area (Å²) in [5, 5.41) is 6.46. The number of nitrogens with one attached hydrogen (secondary N) is 2. The summed E-state index contributed by atoms with van der Waals surface area (Å²) in [7, 11) is 0. The summed E-state index contributed by atoms with van der Waals surface area (Å²) in [6, 6.07) is 20.2. The van der Waals surface area contributed by atoms with Gasteiger partial charge in [-0.3, -0.25) is 9.59 Å². The zero-order valence-corrected chi connectivity index (χ0v) is 17.2. The highest BCUT2D eigenvalue weighted by atomic mass is 35.5. The quantitative estimate of drug-likeness (QED) is 0.208. The normalized spacial score (nSPS) is 10.5. The molecule has 0 aliphatic carbocycles. The third-order valence-electron chi connectivity index (χ3n) is 4.05. The summed E-state index contributed by atoms with van der Waals surface area (Å²) in [6.07, 6.45) is 1.35. The third-order valence-corrected chi connectivity index (χ3v) is 4.38. The van der Waals surface area contributed by atoms with Gasteiger partial charge >= 0.3 is 17.8 Å². The molecule has 7 nitrogen and oxygen atoms in total. The highest BCUT2D eigenvalue weighted by molar-refractivity contribution is 6.41. The monoisotopic (exact) mass is 435 g/mol. The molecule has 2 amide bonds. The SMILES string of the molecule is Cc1cccc(C(=O)Oc2ccc(/C=N/NC(=O)C(=O)Nc3ccccc3Cl)cc2)c1. The number of halogens is 1. The Labute approximate surface area is 183 Å². The standard InChI is InChI=1S/C23H18ClN3O4/c1-15-5-4-6-17(13-15)23(30)31-18-11-9-16(10-12-18)14-25-27-22(29)21(28)26-20-8-3-2-7-19(20)24/h2-14H,1H3,(H,26,28)(H,27,29)/b25-14+. The van der Waals surface area contributed by atoms with Crippen LogP contribution in [0.1, 0.15) is 21.5 Å². The van der Waals surface area contributed by atoms with Crippen LogP contribution in [0.2, 0.25) is 5.02 Å². The van der Waals surface area contributed by atoms with E-state index in [1.165, 1.54) is 6.21 Å². The van der Waals surface area contributed by atoms with Crippen LogP contribution in [0, 0.1) is 6.92 Å². The number of rotatable bonds is 5. The molecule has 3 rings (SSSR count). The molecule has 0 saturated heterocycles. The average Bonchev–Trinajstić information content (AvgIpc) is 2.76. The topological polar surface area (TPSA) is 96.9 Å². The molecule has 31 heavy (non-hydrogen) atoms. The van der Waals surface area contributed by atoms with Crippen LogP contribution in [0.3, 0.4) is 0 Å². The number of nitrogens with zero attached hydrogens (tertiary/aromatic N) is 1. The van der Waals surface area contributed by atoms with E-state index in [1.54, 1.807) is 66.7 Å². The minimum Gasteiger partial charge on any atom is -0.423 e. The van der Waals surface area contributed by atoms with E-state index < -0.39 is 17.8 Å². The lowest BCUT2D eigenvalue weighted by atomic mass is 10.1. The van der Waals surface area contributed by atoms with Crippen LogP contribution < -0.4 is 15.5 Å². The first-order valence-electron chi connectivity index (χ1n) is 9.20. The summed E-state index contributed by atoms with van der Waals surface area (Å²) in [6.45, 7) is 1.89. The second-order valence-corrected chi connectivity index (χ2v) is 6.87. The molecule has 0 aromatic heterocycles. The molecule has 0 aliphatic heterocycles. The van der Waals surface area contributed by atoms with Crippen molar-refractivity contribution >= 4 is 41.3 Å². The van der Waals surface area contributed by atoms with Gasteiger partial charge in [0.1, 0.15) is 5.75 Å². The van der Waals surface area contributed by atoms with Crippen LogP contribution in [0.5, 0.6) is 5.75 Å². The van der Waals surface area contributed by atoms with Gasteiger partial charge in [0, 0.05) is 0 Å². The van der Waals surface area contributed by atoms with E-state index in [0.29, 0.717) is 27.6 Å². The van der Waals surface area contributed by atoms with Crippen LogP contribution >= 0.6 is 11.6 Å². The molecule has 0 heterocycles. The lowest BCUT2D eigenvalue weighted by Crippen LogP contribution is -2.32. The number of para-hydroxylation sites is 1. The molecule has 0 fully saturated rings. The predicted octanol–water partition coefficient (Wildman–Crippen LogP) is 3.96. The lowest BCUT2D eigenvalue weighted by Gasteiger charge is -2.06. The van der Waals surface area contributed by atoms with Crippen molar-refractivity contribution in [1.29, 1.82) is 0 Å². The number of carbonyl (C=O) groups is 3. The van der Waals surface area contributed by atoms with Gasteiger partial charge in [0.05, 0.1) is 22.5 Å². The fourth-order valence-electron chi connectivity index (χ4n) is 2.52. The minimum atomic E-state index is -0.945. The van der Waals surface area contributed by atoms with Gasteiger partial charge in [-0.1, -0.05) is 41.4 Å². The molecule has 0 saturated carbocycles. The van der Waals surface area contributed by atoms with Gasteiger partial charge in [-0.2, -0.15) is 5.10 Å². The predicted molar refractivity (Wildman–Crippen MR) is 118 cm³/mol. The molecule has 0 radical (unpaired) electrons. The molecule has 3 aromatic carbocycles. The van der Waals surface area contributed by atoms with Crippen molar-refractivity contribution in [3.8, 4) is 5.75 Å². The van der Waals surface area contributed by atoms with Crippen LogP contribution in [0.25, 0.3) is 0 Å². The van der Waals surface area contributed by atoms with Gasteiger partial charge in [0.15, 0.2) is 0 Å². The molecule has 0 unspecified atom stereocenters. The van der Waals surface area contributed by atoms with E-state index in [4.69, 9.17) is 16.3 Å². The van der Waals surface area contributed by atoms with E-state index in [-0.39, 0.29) is 0 Å². The minimum absolute atomic E-state index is 0.315. The fourth-order valence-corrected chi connectivity index (χ4v) is 2.70. The number of anilines is 1. The molecule has 0 aliphatic rings. The molecular weight excluding hydrogens is 418 g/mol. The van der Waals surface area contributed by atoms with Gasteiger partial charge in [0.2, 0.25) is 0 Å². The summed E-state index contributed by atoms with van der Waals surface area (Å²) in [5.41, 5.74) is 4.51. The maximum Gasteiger partial charge on any atom is 0.343 e. The molecular formula is C23H18ClN3O4. The summed E-state index contributed by atoms with van der Waals surface area (Å²) in [4.78, 5) is 35.9. The molecule has 8 heteroatoms. The van der Waals surface area contributed by atoms with Gasteiger partial charge < -0.3 is 10.1 Å². The zero-order valence-electron chi connectivity index (χ0n) is 16.5. The van der Waals surface area contributed by atoms with Gasteiger partial charge in [-0.15, -0.1) is 0 Å². The van der Waals surface area contributed by atoms with E-state index in [1.807, 2.05) is 13.0 Å². The van der Waals surface area contributed by atoms with E-state index in [2.05, 4.69) is 15.8 Å². The molecule has 0 atom stereocenters. The van der Waals surface area contributed by atoms with Crippen LogP contribution in [0.4, 0.5) is 5.69 Å². The summed E-state index contributed by atoms with van der Waals surface area (Å²) >= 11 is 5.94. The van der Waals surface area contributed by atoms with Crippen LogP contribution in [-0.2, 0) is 9.59 Å². The maximum absolute atomic E-state index is 12.2. The van der Waals surface area contributed by atoms with Gasteiger partial charge in [-0.25, -0.2) is 10.2 Å². The fraction of sp³-hybridized carbons (Fsp3) is 0.0435.